The largest absolute Gasteiger partial charge is 0.356 e. The lowest BCUT2D eigenvalue weighted by Crippen LogP contribution is -2.51. The normalized spacial score (nSPS) is 30.3. The van der Waals surface area contributed by atoms with Crippen LogP contribution < -0.4 is 10.0 Å². The summed E-state index contributed by atoms with van der Waals surface area (Å²) in [6.45, 7) is 2.22. The lowest BCUT2D eigenvalue weighted by Gasteiger charge is -2.56. The Kier molecular flexibility index (Phi) is 5.55. The van der Waals surface area contributed by atoms with Crippen LogP contribution >= 0.6 is 0 Å². The van der Waals surface area contributed by atoms with Gasteiger partial charge in [-0.3, -0.25) is 9.59 Å². The third kappa shape index (κ3) is 4.56. The third-order valence-electron chi connectivity index (χ3n) is 7.04. The molecule has 1 aromatic carbocycles. The van der Waals surface area contributed by atoms with Gasteiger partial charge in [0.05, 0.1) is 4.90 Å². The fourth-order valence-electron chi connectivity index (χ4n) is 6.13. The van der Waals surface area contributed by atoms with Crippen molar-refractivity contribution in [1.29, 1.82) is 0 Å². The molecule has 1 amide bonds. The second-order valence-electron chi connectivity index (χ2n) is 9.42. The van der Waals surface area contributed by atoms with E-state index in [4.69, 9.17) is 0 Å². The molecule has 0 heterocycles. The SMILES string of the molecule is CC(=O)c1ccc(S(=O)(=O)NCCC(=O)NCC23CC4CC(CC(C4)C2)C3)cc1. The molecular weight excluding hydrogens is 388 g/mol. The van der Waals surface area contributed by atoms with Gasteiger partial charge in [-0.2, -0.15) is 0 Å². The first kappa shape index (κ1) is 20.5. The van der Waals surface area contributed by atoms with E-state index in [1.54, 1.807) is 0 Å². The molecule has 4 fully saturated rings. The van der Waals surface area contributed by atoms with Gasteiger partial charge in [0.1, 0.15) is 0 Å². The van der Waals surface area contributed by atoms with E-state index >= 15 is 0 Å². The highest BCUT2D eigenvalue weighted by molar-refractivity contribution is 7.89. The summed E-state index contributed by atoms with van der Waals surface area (Å²) in [5.74, 6) is 2.33. The first-order chi connectivity index (χ1) is 13.7. The van der Waals surface area contributed by atoms with Crippen LogP contribution in [-0.2, 0) is 14.8 Å². The molecule has 29 heavy (non-hydrogen) atoms. The predicted octanol–water partition coefficient (Wildman–Crippen LogP) is 2.89. The van der Waals surface area contributed by atoms with Crippen LogP contribution in [0.25, 0.3) is 0 Å². The van der Waals surface area contributed by atoms with Crippen LogP contribution in [0.5, 0.6) is 0 Å². The van der Waals surface area contributed by atoms with E-state index in [1.165, 1.54) is 69.7 Å². The van der Waals surface area contributed by atoms with E-state index in [0.29, 0.717) is 5.56 Å². The zero-order valence-electron chi connectivity index (χ0n) is 16.9. The average Bonchev–Trinajstić information content (AvgIpc) is 2.65. The Morgan fingerprint density at radius 2 is 1.55 bits per heavy atom. The number of rotatable bonds is 8. The first-order valence-corrected chi connectivity index (χ1v) is 12.1. The van der Waals surface area contributed by atoms with Crippen molar-refractivity contribution in [3.05, 3.63) is 29.8 Å². The van der Waals surface area contributed by atoms with Crippen molar-refractivity contribution in [2.75, 3.05) is 13.1 Å². The summed E-state index contributed by atoms with van der Waals surface area (Å²) >= 11 is 0. The van der Waals surface area contributed by atoms with Crippen LogP contribution in [0.4, 0.5) is 0 Å². The summed E-state index contributed by atoms with van der Waals surface area (Å²) in [5, 5.41) is 3.07. The molecule has 4 aliphatic carbocycles. The van der Waals surface area contributed by atoms with Crippen molar-refractivity contribution in [1.82, 2.24) is 10.0 Å². The van der Waals surface area contributed by atoms with Gasteiger partial charge in [-0.25, -0.2) is 13.1 Å². The van der Waals surface area contributed by atoms with Gasteiger partial charge >= 0.3 is 0 Å². The minimum absolute atomic E-state index is 0.0590. The van der Waals surface area contributed by atoms with Gasteiger partial charge in [-0.05, 0) is 80.8 Å². The van der Waals surface area contributed by atoms with Crippen molar-refractivity contribution in [3.63, 3.8) is 0 Å². The number of carbonyl (C=O) groups excluding carboxylic acids is 2. The Labute approximate surface area is 172 Å². The molecule has 158 valence electrons. The number of sulfonamides is 1. The summed E-state index contributed by atoms with van der Waals surface area (Å²) in [5.41, 5.74) is 0.746. The van der Waals surface area contributed by atoms with Crippen molar-refractivity contribution in [2.24, 2.45) is 23.2 Å². The quantitative estimate of drug-likeness (QED) is 0.635. The number of hydrogen-bond acceptors (Lipinski definition) is 4. The average molecular weight is 419 g/mol. The Bertz CT molecular complexity index is 857. The van der Waals surface area contributed by atoms with Gasteiger partial charge < -0.3 is 5.32 Å². The molecule has 7 heteroatoms. The first-order valence-electron chi connectivity index (χ1n) is 10.6. The number of hydrogen-bond donors (Lipinski definition) is 2. The summed E-state index contributed by atoms with van der Waals surface area (Å²) in [6, 6.07) is 5.81. The Morgan fingerprint density at radius 1 is 1.00 bits per heavy atom. The number of benzene rings is 1. The molecule has 4 bridgehead atoms. The maximum absolute atomic E-state index is 12.4. The number of nitrogens with one attached hydrogen (secondary N) is 2. The topological polar surface area (TPSA) is 92.3 Å². The second-order valence-corrected chi connectivity index (χ2v) is 11.2. The zero-order valence-corrected chi connectivity index (χ0v) is 17.8. The number of Topliss-reactive ketones (excluding diaryl/α,β-unsaturated/α-hetero) is 1. The number of ketones is 1. The molecule has 6 nitrogen and oxygen atoms in total. The maximum atomic E-state index is 12.4. The minimum Gasteiger partial charge on any atom is -0.356 e. The Morgan fingerprint density at radius 3 is 2.07 bits per heavy atom. The molecule has 0 saturated heterocycles. The van der Waals surface area contributed by atoms with E-state index in [2.05, 4.69) is 10.0 Å². The summed E-state index contributed by atoms with van der Waals surface area (Å²) < 4.78 is 27.2. The maximum Gasteiger partial charge on any atom is 0.240 e. The van der Waals surface area contributed by atoms with Crippen LogP contribution in [0.2, 0.25) is 0 Å². The van der Waals surface area contributed by atoms with Crippen molar-refractivity contribution < 1.29 is 18.0 Å². The van der Waals surface area contributed by atoms with E-state index in [0.717, 1.165) is 24.3 Å². The molecule has 5 rings (SSSR count). The highest BCUT2D eigenvalue weighted by Crippen LogP contribution is 2.59. The van der Waals surface area contributed by atoms with Gasteiger partial charge in [0, 0.05) is 25.1 Å². The minimum atomic E-state index is -3.69. The molecule has 0 spiro atoms. The lowest BCUT2D eigenvalue weighted by atomic mass is 9.49. The van der Waals surface area contributed by atoms with Gasteiger partial charge in [-0.15, -0.1) is 0 Å². The van der Waals surface area contributed by atoms with Crippen molar-refractivity contribution in [3.8, 4) is 0 Å². The Hall–Kier alpha value is -1.73. The van der Waals surface area contributed by atoms with E-state index in [1.807, 2.05) is 0 Å². The van der Waals surface area contributed by atoms with Crippen LogP contribution in [-0.4, -0.2) is 33.2 Å². The monoisotopic (exact) mass is 418 g/mol. The predicted molar refractivity (Wildman–Crippen MR) is 110 cm³/mol. The summed E-state index contributed by atoms with van der Waals surface area (Å²) in [6.07, 6.45) is 7.97. The molecule has 1 aromatic rings. The molecule has 2 N–H and O–H groups in total. The van der Waals surface area contributed by atoms with Gasteiger partial charge in [0.2, 0.25) is 15.9 Å². The second kappa shape index (κ2) is 7.84. The third-order valence-corrected chi connectivity index (χ3v) is 8.52. The van der Waals surface area contributed by atoms with E-state index in [-0.39, 0.29) is 35.0 Å². The number of amides is 1. The standard InChI is InChI=1S/C22H30N2O4S/c1-15(25)19-2-4-20(5-3-19)29(27,28)24-7-6-21(26)23-14-22-11-16-8-17(12-22)10-18(9-16)13-22/h2-5,16-18,24H,6-14H2,1H3,(H,23,26). The molecular formula is C22H30N2O4S. The van der Waals surface area contributed by atoms with Gasteiger partial charge in [0.25, 0.3) is 0 Å². The van der Waals surface area contributed by atoms with Crippen LogP contribution in [0.3, 0.4) is 0 Å². The molecule has 4 saturated carbocycles. The van der Waals surface area contributed by atoms with Crippen LogP contribution in [0, 0.1) is 23.2 Å². The highest BCUT2D eigenvalue weighted by Gasteiger charge is 2.50. The van der Waals surface area contributed by atoms with Gasteiger partial charge in [-0.1, -0.05) is 12.1 Å². The Balaban J connectivity index is 1.24. The molecule has 0 aromatic heterocycles. The van der Waals surface area contributed by atoms with Crippen molar-refractivity contribution >= 4 is 21.7 Å². The van der Waals surface area contributed by atoms with E-state index < -0.39 is 10.0 Å². The summed E-state index contributed by atoms with van der Waals surface area (Å²) in [7, 11) is -3.69. The molecule has 0 atom stereocenters. The zero-order chi connectivity index (χ0) is 20.6. The highest BCUT2D eigenvalue weighted by atomic mass is 32.2. The van der Waals surface area contributed by atoms with Crippen LogP contribution in [0.15, 0.2) is 29.2 Å². The van der Waals surface area contributed by atoms with Crippen molar-refractivity contribution in [2.45, 2.75) is 56.8 Å². The number of carbonyl (C=O) groups is 2. The molecule has 0 aliphatic heterocycles. The fourth-order valence-corrected chi connectivity index (χ4v) is 7.16. The smallest absolute Gasteiger partial charge is 0.240 e. The molecule has 0 unspecified atom stereocenters. The molecule has 0 radical (unpaired) electrons. The van der Waals surface area contributed by atoms with Crippen LogP contribution in [0.1, 0.15) is 62.2 Å². The molecule has 4 aliphatic rings. The van der Waals surface area contributed by atoms with E-state index in [9.17, 15) is 18.0 Å². The fraction of sp³-hybridized carbons (Fsp3) is 0.636. The van der Waals surface area contributed by atoms with Gasteiger partial charge in [0.15, 0.2) is 5.78 Å². The summed E-state index contributed by atoms with van der Waals surface area (Å²) in [4.78, 5) is 23.7. The lowest BCUT2D eigenvalue weighted by molar-refractivity contribution is -0.123.